The van der Waals surface area contributed by atoms with E-state index in [1.165, 1.54) is 12.1 Å². The summed E-state index contributed by atoms with van der Waals surface area (Å²) in [6, 6.07) is 11.9. The number of rotatable bonds is 4. The molecule has 2 aromatic carbocycles. The molecule has 0 aliphatic heterocycles. The molecule has 1 N–H and O–H groups in total. The van der Waals surface area contributed by atoms with E-state index < -0.39 is 0 Å². The van der Waals surface area contributed by atoms with Crippen molar-refractivity contribution >= 4 is 5.69 Å². The van der Waals surface area contributed by atoms with E-state index in [0.29, 0.717) is 17.9 Å². The van der Waals surface area contributed by atoms with Crippen molar-refractivity contribution in [3.05, 3.63) is 58.9 Å². The first-order valence-electron chi connectivity index (χ1n) is 6.21. The van der Waals surface area contributed by atoms with Gasteiger partial charge in [-0.2, -0.15) is 5.26 Å². The monoisotopic (exact) mass is 270 g/mol. The van der Waals surface area contributed by atoms with Crippen molar-refractivity contribution in [2.24, 2.45) is 0 Å². The van der Waals surface area contributed by atoms with Crippen LogP contribution in [0.4, 0.5) is 10.1 Å². The van der Waals surface area contributed by atoms with Gasteiger partial charge in [-0.3, -0.25) is 0 Å². The third-order valence-electron chi connectivity index (χ3n) is 3.11. The molecular weight excluding hydrogens is 255 g/mol. The SMILES string of the molecule is COc1cc(C#N)ccc1NCc1cc(F)ccc1C. The van der Waals surface area contributed by atoms with E-state index in [1.54, 1.807) is 31.4 Å². The van der Waals surface area contributed by atoms with Gasteiger partial charge in [0.2, 0.25) is 0 Å². The van der Waals surface area contributed by atoms with E-state index in [4.69, 9.17) is 10.00 Å². The summed E-state index contributed by atoms with van der Waals surface area (Å²) in [5, 5.41) is 12.1. The van der Waals surface area contributed by atoms with Crippen molar-refractivity contribution < 1.29 is 9.13 Å². The average molecular weight is 270 g/mol. The Hall–Kier alpha value is -2.54. The van der Waals surface area contributed by atoms with Crippen LogP contribution in [0.2, 0.25) is 0 Å². The van der Waals surface area contributed by atoms with Crippen LogP contribution >= 0.6 is 0 Å². The average Bonchev–Trinajstić information content (AvgIpc) is 2.48. The summed E-state index contributed by atoms with van der Waals surface area (Å²) in [6.45, 7) is 2.43. The fourth-order valence-corrected chi connectivity index (χ4v) is 1.93. The molecule has 0 aliphatic rings. The van der Waals surface area contributed by atoms with Crippen molar-refractivity contribution in [2.45, 2.75) is 13.5 Å². The zero-order chi connectivity index (χ0) is 14.5. The van der Waals surface area contributed by atoms with Crippen LogP contribution in [0.25, 0.3) is 0 Å². The van der Waals surface area contributed by atoms with Crippen LogP contribution in [0, 0.1) is 24.1 Å². The molecule has 2 aromatic rings. The summed E-state index contributed by atoms with van der Waals surface area (Å²) in [6.07, 6.45) is 0. The zero-order valence-electron chi connectivity index (χ0n) is 11.4. The highest BCUT2D eigenvalue weighted by Crippen LogP contribution is 2.26. The summed E-state index contributed by atoms with van der Waals surface area (Å²) in [4.78, 5) is 0. The molecule has 3 nitrogen and oxygen atoms in total. The zero-order valence-corrected chi connectivity index (χ0v) is 11.4. The van der Waals surface area contributed by atoms with Gasteiger partial charge in [0.25, 0.3) is 0 Å². The molecule has 0 radical (unpaired) electrons. The van der Waals surface area contributed by atoms with Gasteiger partial charge in [-0.15, -0.1) is 0 Å². The molecular formula is C16H15FN2O. The van der Waals surface area contributed by atoms with Gasteiger partial charge in [-0.1, -0.05) is 6.07 Å². The van der Waals surface area contributed by atoms with Crippen molar-refractivity contribution in [3.8, 4) is 11.8 Å². The molecule has 0 bridgehead atoms. The Morgan fingerprint density at radius 3 is 2.75 bits per heavy atom. The van der Waals surface area contributed by atoms with Gasteiger partial charge < -0.3 is 10.1 Å². The lowest BCUT2D eigenvalue weighted by atomic mass is 10.1. The van der Waals surface area contributed by atoms with Gasteiger partial charge >= 0.3 is 0 Å². The second kappa shape index (κ2) is 6.07. The van der Waals surface area contributed by atoms with Crippen LogP contribution < -0.4 is 10.1 Å². The van der Waals surface area contributed by atoms with Gasteiger partial charge in [0, 0.05) is 12.6 Å². The molecule has 0 heterocycles. The fraction of sp³-hybridized carbons (Fsp3) is 0.188. The Kier molecular flexibility index (Phi) is 4.21. The molecule has 20 heavy (non-hydrogen) atoms. The first kappa shape index (κ1) is 13.9. The molecule has 0 unspecified atom stereocenters. The van der Waals surface area contributed by atoms with Crippen LogP contribution in [-0.2, 0) is 6.54 Å². The summed E-state index contributed by atoms with van der Waals surface area (Å²) in [7, 11) is 1.55. The van der Waals surface area contributed by atoms with Crippen LogP contribution in [-0.4, -0.2) is 7.11 Å². The first-order chi connectivity index (χ1) is 9.63. The molecule has 102 valence electrons. The summed E-state index contributed by atoms with van der Waals surface area (Å²) in [5.41, 5.74) is 3.22. The van der Waals surface area contributed by atoms with Gasteiger partial charge in [0.05, 0.1) is 24.4 Å². The van der Waals surface area contributed by atoms with Crippen LogP contribution in [0.15, 0.2) is 36.4 Å². The normalized spacial score (nSPS) is 9.90. The number of nitrogens with one attached hydrogen (secondary N) is 1. The minimum Gasteiger partial charge on any atom is -0.495 e. The number of nitriles is 1. The fourth-order valence-electron chi connectivity index (χ4n) is 1.93. The standard InChI is InChI=1S/C16H15FN2O/c1-11-3-5-14(17)8-13(11)10-19-15-6-4-12(9-18)7-16(15)20-2/h3-8,19H,10H2,1-2H3. The molecule has 0 saturated carbocycles. The molecule has 0 fully saturated rings. The number of anilines is 1. The molecule has 4 heteroatoms. The Bertz CT molecular complexity index is 662. The highest BCUT2D eigenvalue weighted by Gasteiger charge is 2.06. The van der Waals surface area contributed by atoms with Crippen molar-refractivity contribution in [1.82, 2.24) is 0 Å². The number of hydrogen-bond acceptors (Lipinski definition) is 3. The summed E-state index contributed by atoms with van der Waals surface area (Å²) < 4.78 is 18.5. The van der Waals surface area contributed by atoms with Gasteiger partial charge in [-0.25, -0.2) is 4.39 Å². The first-order valence-corrected chi connectivity index (χ1v) is 6.21. The molecule has 2 rings (SSSR count). The second-order valence-electron chi connectivity index (χ2n) is 4.45. The third kappa shape index (κ3) is 3.07. The van der Waals surface area contributed by atoms with Crippen molar-refractivity contribution in [2.75, 3.05) is 12.4 Å². The number of methoxy groups -OCH3 is 1. The molecule has 0 spiro atoms. The van der Waals surface area contributed by atoms with Gasteiger partial charge in [0.1, 0.15) is 11.6 Å². The van der Waals surface area contributed by atoms with Crippen LogP contribution in [0.5, 0.6) is 5.75 Å². The van der Waals surface area contributed by atoms with E-state index >= 15 is 0 Å². The number of benzene rings is 2. The van der Waals surface area contributed by atoms with Crippen molar-refractivity contribution in [1.29, 1.82) is 5.26 Å². The van der Waals surface area contributed by atoms with E-state index in [2.05, 4.69) is 11.4 Å². The number of aryl methyl sites for hydroxylation is 1. The van der Waals surface area contributed by atoms with Crippen molar-refractivity contribution in [3.63, 3.8) is 0 Å². The van der Waals surface area contributed by atoms with E-state index in [0.717, 1.165) is 16.8 Å². The Morgan fingerprint density at radius 2 is 2.05 bits per heavy atom. The van der Waals surface area contributed by atoms with E-state index in [1.807, 2.05) is 6.92 Å². The highest BCUT2D eigenvalue weighted by molar-refractivity contribution is 5.59. The molecule has 0 amide bonds. The predicted octanol–water partition coefficient (Wildman–Crippen LogP) is 3.63. The van der Waals surface area contributed by atoms with Crippen LogP contribution in [0.3, 0.4) is 0 Å². The molecule has 0 aromatic heterocycles. The van der Waals surface area contributed by atoms with Gasteiger partial charge in [0.15, 0.2) is 0 Å². The maximum atomic E-state index is 13.2. The Morgan fingerprint density at radius 1 is 1.25 bits per heavy atom. The van der Waals surface area contributed by atoms with Gasteiger partial charge in [-0.05, 0) is 42.3 Å². The second-order valence-corrected chi connectivity index (χ2v) is 4.45. The Balaban J connectivity index is 2.19. The van der Waals surface area contributed by atoms with Crippen LogP contribution in [0.1, 0.15) is 16.7 Å². The largest absolute Gasteiger partial charge is 0.495 e. The third-order valence-corrected chi connectivity index (χ3v) is 3.11. The number of ether oxygens (including phenoxy) is 1. The topological polar surface area (TPSA) is 45.0 Å². The maximum absolute atomic E-state index is 13.2. The summed E-state index contributed by atoms with van der Waals surface area (Å²) in [5.74, 6) is 0.345. The molecule has 0 saturated heterocycles. The van der Waals surface area contributed by atoms with E-state index in [9.17, 15) is 4.39 Å². The highest BCUT2D eigenvalue weighted by atomic mass is 19.1. The molecule has 0 aliphatic carbocycles. The Labute approximate surface area is 117 Å². The summed E-state index contributed by atoms with van der Waals surface area (Å²) >= 11 is 0. The van der Waals surface area contributed by atoms with E-state index in [-0.39, 0.29) is 5.82 Å². The number of halogens is 1. The number of nitrogens with zero attached hydrogens (tertiary/aromatic N) is 1. The predicted molar refractivity (Wildman–Crippen MR) is 76.2 cm³/mol. The lowest BCUT2D eigenvalue weighted by Gasteiger charge is -2.12. The number of hydrogen-bond donors (Lipinski definition) is 1. The lowest BCUT2D eigenvalue weighted by molar-refractivity contribution is 0.416. The smallest absolute Gasteiger partial charge is 0.143 e. The molecule has 0 atom stereocenters. The minimum atomic E-state index is -0.251. The quantitative estimate of drug-likeness (QED) is 0.922. The minimum absolute atomic E-state index is 0.251. The maximum Gasteiger partial charge on any atom is 0.143 e. The lowest BCUT2D eigenvalue weighted by Crippen LogP contribution is -2.03.